The molecule has 6 nitrogen and oxygen atoms in total. The van der Waals surface area contributed by atoms with Gasteiger partial charge in [0.1, 0.15) is 5.82 Å². The van der Waals surface area contributed by atoms with Gasteiger partial charge in [-0.1, -0.05) is 0 Å². The molecule has 1 aromatic rings. The molecule has 1 aliphatic heterocycles. The Hall–Kier alpha value is -1.40. The summed E-state index contributed by atoms with van der Waals surface area (Å²) in [5.41, 5.74) is 5.44. The number of anilines is 2. The number of nitrogens with one attached hydrogen (secondary N) is 1. The van der Waals surface area contributed by atoms with E-state index in [0.29, 0.717) is 25.0 Å². The van der Waals surface area contributed by atoms with Gasteiger partial charge in [0.05, 0.1) is 0 Å². The van der Waals surface area contributed by atoms with Crippen molar-refractivity contribution < 1.29 is 5.11 Å². The van der Waals surface area contributed by atoms with E-state index in [2.05, 4.69) is 20.2 Å². The topological polar surface area (TPSA) is 87.3 Å². The average Bonchev–Trinajstić information content (AvgIpc) is 2.45. The normalized spacial score (nSPS) is 19.9. The number of rotatable bonds is 5. The Morgan fingerprint density at radius 1 is 1.56 bits per heavy atom. The smallest absolute Gasteiger partial charge is 0.224 e. The number of hydrogen-bond donors (Lipinski definition) is 3. The van der Waals surface area contributed by atoms with Crippen LogP contribution in [-0.2, 0) is 0 Å². The molecule has 1 aliphatic rings. The summed E-state index contributed by atoms with van der Waals surface area (Å²) in [5.74, 6) is 1.89. The highest BCUT2D eigenvalue weighted by Gasteiger charge is 2.20. The fourth-order valence-electron chi connectivity index (χ4n) is 2.22. The van der Waals surface area contributed by atoms with E-state index in [9.17, 15) is 5.11 Å². The molecule has 1 aromatic heterocycles. The number of aliphatic hydroxyl groups excluding tert-OH is 1. The number of nitrogens with zero attached hydrogens (tertiary/aromatic N) is 3. The number of aliphatic hydroxyl groups is 1. The van der Waals surface area contributed by atoms with Crippen molar-refractivity contribution in [1.29, 1.82) is 0 Å². The number of aromatic nitrogens is 2. The number of piperidine rings is 1. The van der Waals surface area contributed by atoms with Crippen molar-refractivity contribution in [3.05, 3.63) is 12.3 Å². The molecule has 1 unspecified atom stereocenters. The maximum absolute atomic E-state index is 9.24. The lowest BCUT2D eigenvalue weighted by atomic mass is 9.99. The highest BCUT2D eigenvalue weighted by molar-refractivity contribution is 5.42. The number of nitrogens with two attached hydrogens (primary N) is 1. The Bertz CT molecular complexity index is 373. The van der Waals surface area contributed by atoms with Crippen molar-refractivity contribution in [2.75, 3.05) is 43.0 Å². The second kappa shape index (κ2) is 6.51. The van der Waals surface area contributed by atoms with Crippen molar-refractivity contribution in [3.8, 4) is 0 Å². The summed E-state index contributed by atoms with van der Waals surface area (Å²) in [6.45, 7) is 3.33. The second-order valence-corrected chi connectivity index (χ2v) is 4.59. The fourth-order valence-corrected chi connectivity index (χ4v) is 2.22. The van der Waals surface area contributed by atoms with Crippen molar-refractivity contribution in [1.82, 2.24) is 9.97 Å². The van der Waals surface area contributed by atoms with E-state index in [1.807, 2.05) is 6.07 Å². The van der Waals surface area contributed by atoms with Gasteiger partial charge >= 0.3 is 0 Å². The summed E-state index contributed by atoms with van der Waals surface area (Å²) < 4.78 is 0. The van der Waals surface area contributed by atoms with Gasteiger partial charge in [0.25, 0.3) is 0 Å². The Morgan fingerprint density at radius 3 is 3.22 bits per heavy atom. The van der Waals surface area contributed by atoms with Crippen LogP contribution in [0.3, 0.4) is 0 Å². The quantitative estimate of drug-likeness (QED) is 0.686. The molecule has 0 aliphatic carbocycles. The van der Waals surface area contributed by atoms with Crippen LogP contribution in [0.4, 0.5) is 11.8 Å². The van der Waals surface area contributed by atoms with E-state index < -0.39 is 0 Å². The summed E-state index contributed by atoms with van der Waals surface area (Å²) in [6.07, 6.45) is 3.95. The van der Waals surface area contributed by atoms with E-state index in [1.165, 1.54) is 0 Å². The molecule has 0 amide bonds. The molecular formula is C12H21N5O. The third kappa shape index (κ3) is 3.30. The van der Waals surface area contributed by atoms with Crippen LogP contribution in [0, 0.1) is 5.92 Å². The zero-order valence-corrected chi connectivity index (χ0v) is 10.5. The maximum atomic E-state index is 9.24. The average molecular weight is 251 g/mol. The minimum atomic E-state index is 0.250. The Kier molecular flexibility index (Phi) is 4.72. The Morgan fingerprint density at radius 2 is 2.44 bits per heavy atom. The molecule has 1 fully saturated rings. The first-order chi connectivity index (χ1) is 8.83. The minimum absolute atomic E-state index is 0.250. The van der Waals surface area contributed by atoms with Crippen LogP contribution in [0.1, 0.15) is 12.8 Å². The van der Waals surface area contributed by atoms with Gasteiger partial charge in [0.15, 0.2) is 0 Å². The molecule has 2 rings (SSSR count). The molecule has 18 heavy (non-hydrogen) atoms. The van der Waals surface area contributed by atoms with Gasteiger partial charge < -0.3 is 21.1 Å². The second-order valence-electron chi connectivity index (χ2n) is 4.59. The Labute approximate surface area is 107 Å². The van der Waals surface area contributed by atoms with Crippen LogP contribution in [0.5, 0.6) is 0 Å². The van der Waals surface area contributed by atoms with E-state index in [1.54, 1.807) is 6.20 Å². The first-order valence-electron chi connectivity index (χ1n) is 6.46. The van der Waals surface area contributed by atoms with Crippen LogP contribution < -0.4 is 16.0 Å². The molecule has 0 radical (unpaired) electrons. The van der Waals surface area contributed by atoms with Gasteiger partial charge in [0, 0.05) is 39.0 Å². The van der Waals surface area contributed by atoms with Crippen LogP contribution in [0.25, 0.3) is 0 Å². The molecule has 0 spiro atoms. The molecule has 2 heterocycles. The van der Waals surface area contributed by atoms with E-state index in [-0.39, 0.29) is 6.61 Å². The van der Waals surface area contributed by atoms with Crippen LogP contribution in [0.2, 0.25) is 0 Å². The fraction of sp³-hybridized carbons (Fsp3) is 0.667. The third-order valence-corrected chi connectivity index (χ3v) is 3.17. The lowest BCUT2D eigenvalue weighted by molar-refractivity contribution is 0.208. The monoisotopic (exact) mass is 251 g/mol. The van der Waals surface area contributed by atoms with E-state index >= 15 is 0 Å². The molecule has 1 saturated heterocycles. The van der Waals surface area contributed by atoms with Crippen molar-refractivity contribution in [2.24, 2.45) is 11.7 Å². The molecule has 6 heteroatoms. The predicted octanol–water partition coefficient (Wildman–Crippen LogP) is 0.0559. The molecular weight excluding hydrogens is 230 g/mol. The van der Waals surface area contributed by atoms with Gasteiger partial charge in [0.2, 0.25) is 5.95 Å². The minimum Gasteiger partial charge on any atom is -0.396 e. The summed E-state index contributed by atoms with van der Waals surface area (Å²) >= 11 is 0. The largest absolute Gasteiger partial charge is 0.396 e. The zero-order valence-electron chi connectivity index (χ0n) is 10.5. The van der Waals surface area contributed by atoms with Crippen molar-refractivity contribution in [2.45, 2.75) is 12.8 Å². The Balaban J connectivity index is 2.02. The first-order valence-corrected chi connectivity index (χ1v) is 6.46. The molecule has 0 bridgehead atoms. The van der Waals surface area contributed by atoms with Crippen LogP contribution in [0.15, 0.2) is 12.3 Å². The number of hydrogen-bond acceptors (Lipinski definition) is 6. The van der Waals surface area contributed by atoms with Gasteiger partial charge in [-0.25, -0.2) is 4.98 Å². The van der Waals surface area contributed by atoms with E-state index in [4.69, 9.17) is 5.73 Å². The van der Waals surface area contributed by atoms with Gasteiger partial charge in [-0.05, 0) is 24.8 Å². The molecule has 100 valence electrons. The molecule has 1 atom stereocenters. The van der Waals surface area contributed by atoms with Gasteiger partial charge in [-0.2, -0.15) is 4.98 Å². The van der Waals surface area contributed by atoms with Crippen LogP contribution >= 0.6 is 0 Å². The van der Waals surface area contributed by atoms with Gasteiger partial charge in [-0.15, -0.1) is 0 Å². The molecule has 0 aromatic carbocycles. The maximum Gasteiger partial charge on any atom is 0.224 e. The summed E-state index contributed by atoms with van der Waals surface area (Å²) in [6, 6.07) is 1.91. The van der Waals surface area contributed by atoms with Crippen molar-refractivity contribution in [3.63, 3.8) is 0 Å². The summed E-state index contributed by atoms with van der Waals surface area (Å²) in [4.78, 5) is 10.8. The lowest BCUT2D eigenvalue weighted by Crippen LogP contribution is -2.37. The van der Waals surface area contributed by atoms with Crippen LogP contribution in [-0.4, -0.2) is 47.9 Å². The molecule has 4 N–H and O–H groups in total. The SMILES string of the molecule is NCCNc1nccc(N2CCCC(CO)C2)n1. The standard InChI is InChI=1S/C12H21N5O/c13-4-6-15-12-14-5-3-11(16-12)17-7-1-2-10(8-17)9-18/h3,5,10,18H,1-2,4,6-9,13H2,(H,14,15,16). The lowest BCUT2D eigenvalue weighted by Gasteiger charge is -2.32. The zero-order chi connectivity index (χ0) is 12.8. The highest BCUT2D eigenvalue weighted by Crippen LogP contribution is 2.21. The van der Waals surface area contributed by atoms with E-state index in [0.717, 1.165) is 31.7 Å². The first kappa shape index (κ1) is 13.0. The summed E-state index contributed by atoms with van der Waals surface area (Å²) in [5, 5.41) is 12.3. The van der Waals surface area contributed by atoms with Crippen molar-refractivity contribution >= 4 is 11.8 Å². The summed E-state index contributed by atoms with van der Waals surface area (Å²) in [7, 11) is 0. The van der Waals surface area contributed by atoms with Gasteiger partial charge in [-0.3, -0.25) is 0 Å². The third-order valence-electron chi connectivity index (χ3n) is 3.17. The highest BCUT2D eigenvalue weighted by atomic mass is 16.3. The molecule has 0 saturated carbocycles. The predicted molar refractivity (Wildman–Crippen MR) is 71.6 cm³/mol.